The highest BCUT2D eigenvalue weighted by Gasteiger charge is 2.26. The minimum absolute atomic E-state index is 0. The van der Waals surface area contributed by atoms with Crippen molar-refractivity contribution < 1.29 is 9.90 Å². The fourth-order valence-corrected chi connectivity index (χ4v) is 0.370. The Bertz CT molecular complexity index is 119. The highest BCUT2D eigenvalue weighted by atomic mass is 32.1. The first kappa shape index (κ1) is 12.5. The Hall–Kier alpha value is -0.220. The van der Waals surface area contributed by atoms with E-state index in [0.29, 0.717) is 0 Å². The Balaban J connectivity index is 0. The van der Waals surface area contributed by atoms with Gasteiger partial charge in [-0.05, 0) is 5.41 Å². The van der Waals surface area contributed by atoms with E-state index >= 15 is 0 Å². The Labute approximate surface area is 68.1 Å². The van der Waals surface area contributed by atoms with Gasteiger partial charge in [-0.25, -0.2) is 0 Å². The van der Waals surface area contributed by atoms with Crippen LogP contribution in [0.4, 0.5) is 0 Å². The van der Waals surface area contributed by atoms with Crippen LogP contribution in [0.15, 0.2) is 0 Å². The van der Waals surface area contributed by atoms with Gasteiger partial charge in [0.25, 0.3) is 0 Å². The summed E-state index contributed by atoms with van der Waals surface area (Å²) in [5, 5.41) is 8.39. The van der Waals surface area contributed by atoms with Gasteiger partial charge < -0.3 is 10.8 Å². The average molecular weight is 165 g/mol. The van der Waals surface area contributed by atoms with Gasteiger partial charge in [0.1, 0.15) is 6.04 Å². The molecule has 0 aliphatic carbocycles. The first-order chi connectivity index (χ1) is 3.85. The predicted octanol–water partition coefficient (Wildman–Crippen LogP) is 0.557. The summed E-state index contributed by atoms with van der Waals surface area (Å²) in [5.41, 5.74) is 4.95. The molecule has 10 heavy (non-hydrogen) atoms. The molecular formula is C6H15NO2S. The van der Waals surface area contributed by atoms with Crippen LogP contribution >= 0.6 is 13.5 Å². The third kappa shape index (κ3) is 3.74. The second-order valence-electron chi connectivity index (χ2n) is 3.18. The molecule has 0 aromatic rings. The normalized spacial score (nSPS) is 13.6. The lowest BCUT2D eigenvalue weighted by Crippen LogP contribution is -2.41. The van der Waals surface area contributed by atoms with Gasteiger partial charge in [-0.3, -0.25) is 4.79 Å². The molecule has 62 valence electrons. The Morgan fingerprint density at radius 1 is 1.50 bits per heavy atom. The van der Waals surface area contributed by atoms with Crippen LogP contribution in [0.2, 0.25) is 0 Å². The largest absolute Gasteiger partial charge is 0.480 e. The molecular weight excluding hydrogens is 150 g/mol. The SMILES string of the molecule is CC(C)(C)[C@H](N)C(=O)O.S. The molecule has 0 saturated carbocycles. The van der Waals surface area contributed by atoms with Crippen LogP contribution in [-0.4, -0.2) is 17.1 Å². The van der Waals surface area contributed by atoms with Crippen molar-refractivity contribution in [1.82, 2.24) is 0 Å². The fourth-order valence-electron chi connectivity index (χ4n) is 0.370. The van der Waals surface area contributed by atoms with Gasteiger partial charge in [0.15, 0.2) is 0 Å². The third-order valence-corrected chi connectivity index (χ3v) is 1.20. The predicted molar refractivity (Wildman–Crippen MR) is 45.4 cm³/mol. The van der Waals surface area contributed by atoms with Crippen molar-refractivity contribution in [2.75, 3.05) is 0 Å². The second-order valence-corrected chi connectivity index (χ2v) is 3.18. The molecule has 0 aliphatic rings. The Kier molecular flexibility index (Phi) is 4.77. The minimum Gasteiger partial charge on any atom is -0.480 e. The van der Waals surface area contributed by atoms with E-state index in [1.165, 1.54) is 0 Å². The molecule has 0 radical (unpaired) electrons. The van der Waals surface area contributed by atoms with Crippen molar-refractivity contribution in [3.63, 3.8) is 0 Å². The third-order valence-electron chi connectivity index (χ3n) is 1.20. The molecule has 0 spiro atoms. The van der Waals surface area contributed by atoms with Crippen molar-refractivity contribution in [3.05, 3.63) is 0 Å². The number of carboxylic acids is 1. The lowest BCUT2D eigenvalue weighted by atomic mass is 9.88. The summed E-state index contributed by atoms with van der Waals surface area (Å²) in [6, 6.07) is -0.766. The summed E-state index contributed by atoms with van der Waals surface area (Å²) in [5.74, 6) is -0.942. The van der Waals surface area contributed by atoms with Crippen LogP contribution in [0, 0.1) is 5.41 Å². The van der Waals surface area contributed by atoms with E-state index in [1.807, 2.05) is 0 Å². The fraction of sp³-hybridized carbons (Fsp3) is 0.833. The van der Waals surface area contributed by atoms with Crippen LogP contribution in [0.3, 0.4) is 0 Å². The van der Waals surface area contributed by atoms with E-state index in [-0.39, 0.29) is 18.9 Å². The van der Waals surface area contributed by atoms with Crippen LogP contribution in [-0.2, 0) is 4.79 Å². The Morgan fingerprint density at radius 3 is 1.80 bits per heavy atom. The van der Waals surface area contributed by atoms with Crippen molar-refractivity contribution in [3.8, 4) is 0 Å². The molecule has 3 N–H and O–H groups in total. The molecule has 0 aliphatic heterocycles. The lowest BCUT2D eigenvalue weighted by Gasteiger charge is -2.22. The van der Waals surface area contributed by atoms with Gasteiger partial charge in [-0.2, -0.15) is 13.5 Å². The summed E-state index contributed by atoms with van der Waals surface area (Å²) in [7, 11) is 0. The van der Waals surface area contributed by atoms with Crippen LogP contribution in [0.25, 0.3) is 0 Å². The van der Waals surface area contributed by atoms with Gasteiger partial charge in [0.05, 0.1) is 0 Å². The second kappa shape index (κ2) is 3.83. The number of carboxylic acid groups (broad SMARTS) is 1. The molecule has 0 heterocycles. The van der Waals surface area contributed by atoms with Gasteiger partial charge in [-0.1, -0.05) is 20.8 Å². The van der Waals surface area contributed by atoms with Crippen LogP contribution < -0.4 is 5.73 Å². The quantitative estimate of drug-likeness (QED) is 0.596. The average Bonchev–Trinajstić information content (AvgIpc) is 1.62. The van der Waals surface area contributed by atoms with E-state index in [1.54, 1.807) is 20.8 Å². The first-order valence-electron chi connectivity index (χ1n) is 2.84. The van der Waals surface area contributed by atoms with Gasteiger partial charge in [0.2, 0.25) is 0 Å². The number of aliphatic carboxylic acids is 1. The van der Waals surface area contributed by atoms with Crippen LogP contribution in [0.5, 0.6) is 0 Å². The minimum atomic E-state index is -0.942. The van der Waals surface area contributed by atoms with Crippen molar-refractivity contribution in [1.29, 1.82) is 0 Å². The van der Waals surface area contributed by atoms with Crippen molar-refractivity contribution >= 4 is 19.5 Å². The molecule has 0 amide bonds. The standard InChI is InChI=1S/C6H13NO2.H2S/c1-6(2,3)4(7)5(8)9;/h4H,7H2,1-3H3,(H,8,9);1H2/t4-;/m1./s1. The number of carbonyl (C=O) groups is 1. The number of rotatable bonds is 1. The van der Waals surface area contributed by atoms with E-state index in [2.05, 4.69) is 0 Å². The van der Waals surface area contributed by atoms with Crippen molar-refractivity contribution in [2.24, 2.45) is 11.1 Å². The topological polar surface area (TPSA) is 63.3 Å². The smallest absolute Gasteiger partial charge is 0.321 e. The van der Waals surface area contributed by atoms with Crippen LogP contribution in [0.1, 0.15) is 20.8 Å². The summed E-state index contributed by atoms with van der Waals surface area (Å²) in [6.45, 7) is 5.39. The van der Waals surface area contributed by atoms with Gasteiger partial charge in [-0.15, -0.1) is 0 Å². The van der Waals surface area contributed by atoms with Gasteiger partial charge in [0, 0.05) is 0 Å². The summed E-state index contributed by atoms with van der Waals surface area (Å²) >= 11 is 0. The molecule has 0 fully saturated rings. The van der Waals surface area contributed by atoms with Crippen molar-refractivity contribution in [2.45, 2.75) is 26.8 Å². The highest BCUT2D eigenvalue weighted by molar-refractivity contribution is 7.59. The van der Waals surface area contributed by atoms with E-state index < -0.39 is 12.0 Å². The molecule has 0 rings (SSSR count). The molecule has 0 aromatic carbocycles. The van der Waals surface area contributed by atoms with E-state index in [4.69, 9.17) is 10.8 Å². The maximum atomic E-state index is 10.2. The van der Waals surface area contributed by atoms with E-state index in [0.717, 1.165) is 0 Å². The van der Waals surface area contributed by atoms with E-state index in [9.17, 15) is 4.79 Å². The highest BCUT2D eigenvalue weighted by Crippen LogP contribution is 2.16. The maximum absolute atomic E-state index is 10.2. The molecule has 3 nitrogen and oxygen atoms in total. The summed E-state index contributed by atoms with van der Waals surface area (Å²) < 4.78 is 0. The lowest BCUT2D eigenvalue weighted by molar-refractivity contribution is -0.141. The number of nitrogens with two attached hydrogens (primary N) is 1. The molecule has 0 aromatic heterocycles. The zero-order valence-corrected chi connectivity index (χ0v) is 7.51. The molecule has 0 unspecified atom stereocenters. The summed E-state index contributed by atoms with van der Waals surface area (Å²) in [4.78, 5) is 10.2. The zero-order valence-electron chi connectivity index (χ0n) is 6.51. The maximum Gasteiger partial charge on any atom is 0.321 e. The van der Waals surface area contributed by atoms with Gasteiger partial charge >= 0.3 is 5.97 Å². The summed E-state index contributed by atoms with van der Waals surface area (Å²) in [6.07, 6.45) is 0. The molecule has 0 saturated heterocycles. The zero-order chi connectivity index (χ0) is 7.65. The molecule has 4 heteroatoms. The monoisotopic (exact) mass is 165 g/mol. The number of hydrogen-bond acceptors (Lipinski definition) is 2. The first-order valence-corrected chi connectivity index (χ1v) is 2.84. The molecule has 1 atom stereocenters. The Morgan fingerprint density at radius 2 is 1.80 bits per heavy atom. The molecule has 0 bridgehead atoms. The number of hydrogen-bond donors (Lipinski definition) is 2.